The molecular formula is C7H4F2N4. The van der Waals surface area contributed by atoms with Crippen molar-refractivity contribution in [3.8, 4) is 12.1 Å². The maximum absolute atomic E-state index is 12.2. The highest BCUT2D eigenvalue weighted by Crippen LogP contribution is 2.19. The van der Waals surface area contributed by atoms with Crippen LogP contribution in [0, 0.1) is 22.7 Å². The summed E-state index contributed by atoms with van der Waals surface area (Å²) >= 11 is 0. The van der Waals surface area contributed by atoms with Crippen molar-refractivity contribution in [3.63, 3.8) is 0 Å². The Kier molecular flexibility index (Phi) is 2.25. The van der Waals surface area contributed by atoms with Gasteiger partial charge in [-0.2, -0.15) is 10.5 Å². The van der Waals surface area contributed by atoms with Gasteiger partial charge in [0.1, 0.15) is 12.1 Å². The third-order valence-electron chi connectivity index (χ3n) is 1.54. The normalized spacial score (nSPS) is 9.69. The standard InChI is InChI=1S/C7H4F2N4/c1-13-5(3-11)4(2-10)12-7(13)6(8)9/h6H,1H3. The van der Waals surface area contributed by atoms with Crippen molar-refractivity contribution in [3.05, 3.63) is 17.2 Å². The number of halogens is 2. The number of imidazole rings is 1. The molecule has 0 amide bonds. The van der Waals surface area contributed by atoms with Gasteiger partial charge in [0.15, 0.2) is 17.2 Å². The van der Waals surface area contributed by atoms with E-state index in [0.717, 1.165) is 4.57 Å². The predicted molar refractivity (Wildman–Crippen MR) is 37.6 cm³/mol. The second-order valence-corrected chi connectivity index (χ2v) is 2.25. The second-order valence-electron chi connectivity index (χ2n) is 2.25. The maximum atomic E-state index is 12.2. The van der Waals surface area contributed by atoms with Crippen LogP contribution in [0.1, 0.15) is 23.6 Å². The molecule has 0 saturated carbocycles. The Labute approximate surface area is 72.6 Å². The van der Waals surface area contributed by atoms with Gasteiger partial charge in [0, 0.05) is 7.05 Å². The van der Waals surface area contributed by atoms with Crippen molar-refractivity contribution in [2.45, 2.75) is 6.43 Å². The van der Waals surface area contributed by atoms with Crippen LogP contribution in [0.25, 0.3) is 0 Å². The van der Waals surface area contributed by atoms with Crippen LogP contribution in [0.2, 0.25) is 0 Å². The van der Waals surface area contributed by atoms with Crippen LogP contribution < -0.4 is 0 Å². The van der Waals surface area contributed by atoms with E-state index in [1.165, 1.54) is 7.05 Å². The molecule has 0 unspecified atom stereocenters. The molecule has 66 valence electrons. The Hall–Kier alpha value is -1.95. The molecule has 0 spiro atoms. The lowest BCUT2D eigenvalue weighted by Crippen LogP contribution is -1.99. The first-order valence-corrected chi connectivity index (χ1v) is 3.26. The topological polar surface area (TPSA) is 65.4 Å². The van der Waals surface area contributed by atoms with Crippen LogP contribution in [-0.2, 0) is 7.05 Å². The van der Waals surface area contributed by atoms with E-state index in [2.05, 4.69) is 4.98 Å². The molecule has 1 aromatic heterocycles. The van der Waals surface area contributed by atoms with Gasteiger partial charge in [-0.25, -0.2) is 13.8 Å². The van der Waals surface area contributed by atoms with Crippen LogP contribution in [0.4, 0.5) is 8.78 Å². The third-order valence-corrected chi connectivity index (χ3v) is 1.54. The fourth-order valence-electron chi connectivity index (χ4n) is 0.917. The summed E-state index contributed by atoms with van der Waals surface area (Å²) in [5.41, 5.74) is -0.405. The average Bonchev–Trinajstić information content (AvgIpc) is 2.41. The van der Waals surface area contributed by atoms with Gasteiger partial charge in [-0.15, -0.1) is 0 Å². The Balaban J connectivity index is 3.39. The summed E-state index contributed by atoms with van der Waals surface area (Å²) in [5, 5.41) is 17.0. The van der Waals surface area contributed by atoms with Crippen LogP contribution >= 0.6 is 0 Å². The van der Waals surface area contributed by atoms with Crippen molar-refractivity contribution in [2.24, 2.45) is 7.05 Å². The van der Waals surface area contributed by atoms with Crippen molar-refractivity contribution < 1.29 is 8.78 Å². The Bertz CT molecular complexity index is 407. The third kappa shape index (κ3) is 1.34. The summed E-state index contributed by atoms with van der Waals surface area (Å²) in [6, 6.07) is 3.21. The Morgan fingerprint density at radius 1 is 1.38 bits per heavy atom. The van der Waals surface area contributed by atoms with Gasteiger partial charge in [0.05, 0.1) is 0 Å². The first-order valence-electron chi connectivity index (χ1n) is 3.26. The van der Waals surface area contributed by atoms with Gasteiger partial charge >= 0.3 is 0 Å². The first kappa shape index (κ1) is 9.14. The smallest absolute Gasteiger partial charge is 0.295 e. The number of hydrogen-bond acceptors (Lipinski definition) is 3. The number of rotatable bonds is 1. The van der Waals surface area contributed by atoms with Gasteiger partial charge in [-0.1, -0.05) is 0 Å². The fraction of sp³-hybridized carbons (Fsp3) is 0.286. The van der Waals surface area contributed by atoms with E-state index in [4.69, 9.17) is 10.5 Å². The molecular weight excluding hydrogens is 178 g/mol. The van der Waals surface area contributed by atoms with Crippen molar-refractivity contribution >= 4 is 0 Å². The molecule has 1 aromatic rings. The van der Waals surface area contributed by atoms with Gasteiger partial charge in [0.2, 0.25) is 0 Å². The quantitative estimate of drug-likeness (QED) is 0.653. The van der Waals surface area contributed by atoms with Crippen LogP contribution in [-0.4, -0.2) is 9.55 Å². The summed E-state index contributed by atoms with van der Waals surface area (Å²) in [4.78, 5) is 3.33. The van der Waals surface area contributed by atoms with Crippen molar-refractivity contribution in [1.82, 2.24) is 9.55 Å². The largest absolute Gasteiger partial charge is 0.317 e. The Morgan fingerprint density at radius 3 is 2.31 bits per heavy atom. The van der Waals surface area contributed by atoms with Crippen LogP contribution in [0.3, 0.4) is 0 Å². The molecule has 1 rings (SSSR count). The zero-order valence-corrected chi connectivity index (χ0v) is 6.62. The molecule has 0 aliphatic carbocycles. The molecule has 0 radical (unpaired) electrons. The summed E-state index contributed by atoms with van der Waals surface area (Å²) in [6.07, 6.45) is -2.78. The molecule has 0 aliphatic rings. The molecule has 0 aliphatic heterocycles. The molecule has 0 N–H and O–H groups in total. The van der Waals surface area contributed by atoms with E-state index >= 15 is 0 Å². The van der Waals surface area contributed by atoms with Gasteiger partial charge in [-0.05, 0) is 0 Å². The summed E-state index contributed by atoms with van der Waals surface area (Å²) < 4.78 is 25.3. The predicted octanol–water partition coefficient (Wildman–Crippen LogP) is 1.10. The molecule has 4 nitrogen and oxygen atoms in total. The SMILES string of the molecule is Cn1c(C(F)F)nc(C#N)c1C#N. The van der Waals surface area contributed by atoms with Gasteiger partial charge in [0.25, 0.3) is 6.43 Å². The van der Waals surface area contributed by atoms with E-state index < -0.39 is 12.2 Å². The minimum Gasteiger partial charge on any atom is -0.317 e. The van der Waals surface area contributed by atoms with E-state index in [0.29, 0.717) is 0 Å². The number of nitriles is 2. The van der Waals surface area contributed by atoms with Crippen molar-refractivity contribution in [1.29, 1.82) is 10.5 Å². The highest BCUT2D eigenvalue weighted by Gasteiger charge is 2.20. The molecule has 0 aromatic carbocycles. The summed E-state index contributed by atoms with van der Waals surface area (Å²) in [6.45, 7) is 0. The lowest BCUT2D eigenvalue weighted by molar-refractivity contribution is 0.136. The van der Waals surface area contributed by atoms with E-state index in [1.54, 1.807) is 12.1 Å². The van der Waals surface area contributed by atoms with E-state index in [-0.39, 0.29) is 11.4 Å². The van der Waals surface area contributed by atoms with Gasteiger partial charge < -0.3 is 4.57 Å². The molecule has 0 saturated heterocycles. The monoisotopic (exact) mass is 182 g/mol. The van der Waals surface area contributed by atoms with Crippen LogP contribution in [0.5, 0.6) is 0 Å². The average molecular weight is 182 g/mol. The number of nitrogens with zero attached hydrogens (tertiary/aromatic N) is 4. The summed E-state index contributed by atoms with van der Waals surface area (Å²) in [5.74, 6) is -0.562. The number of aromatic nitrogens is 2. The molecule has 0 bridgehead atoms. The maximum Gasteiger partial charge on any atom is 0.295 e. The second kappa shape index (κ2) is 3.20. The molecule has 13 heavy (non-hydrogen) atoms. The first-order chi connectivity index (χ1) is 6.11. The lowest BCUT2D eigenvalue weighted by Gasteiger charge is -1.98. The lowest BCUT2D eigenvalue weighted by atomic mass is 10.4. The zero-order chi connectivity index (χ0) is 10.0. The van der Waals surface area contributed by atoms with Crippen LogP contribution in [0.15, 0.2) is 0 Å². The highest BCUT2D eigenvalue weighted by molar-refractivity contribution is 5.37. The minimum absolute atomic E-state index is 0.141. The molecule has 6 heteroatoms. The number of alkyl halides is 2. The highest BCUT2D eigenvalue weighted by atomic mass is 19.3. The molecule has 0 fully saturated rings. The molecule has 1 heterocycles. The van der Waals surface area contributed by atoms with Crippen molar-refractivity contribution in [2.75, 3.05) is 0 Å². The number of hydrogen-bond donors (Lipinski definition) is 0. The summed E-state index contributed by atoms with van der Waals surface area (Å²) in [7, 11) is 1.27. The molecule has 0 atom stereocenters. The van der Waals surface area contributed by atoms with E-state index in [9.17, 15) is 8.78 Å². The van der Waals surface area contributed by atoms with E-state index in [1.807, 2.05) is 0 Å². The Morgan fingerprint density at radius 2 is 2.00 bits per heavy atom. The fourth-order valence-corrected chi connectivity index (χ4v) is 0.917. The zero-order valence-electron chi connectivity index (χ0n) is 6.62. The van der Waals surface area contributed by atoms with Gasteiger partial charge in [-0.3, -0.25) is 0 Å². The minimum atomic E-state index is -2.78.